The number of unbranched alkanes of at least 4 members (excludes halogenated alkanes) is 11. The summed E-state index contributed by atoms with van der Waals surface area (Å²) in [4.78, 5) is 24.6. The molecule has 1 saturated heterocycles. The van der Waals surface area contributed by atoms with Gasteiger partial charge in [-0.1, -0.05) is 89.9 Å². The molecule has 0 aliphatic carbocycles. The Bertz CT molecular complexity index is 2280. The van der Waals surface area contributed by atoms with Gasteiger partial charge in [0.25, 0.3) is 0 Å². The number of ether oxygens (including phenoxy) is 2. The molecule has 65 heavy (non-hydrogen) atoms. The summed E-state index contributed by atoms with van der Waals surface area (Å²) in [6.45, 7) is 1.78. The summed E-state index contributed by atoms with van der Waals surface area (Å²) >= 11 is 1.15. The number of nitrogens with one attached hydrogen (secondary N) is 2. The van der Waals surface area contributed by atoms with Crippen molar-refractivity contribution in [2.75, 3.05) is 25.2 Å². The summed E-state index contributed by atoms with van der Waals surface area (Å²) in [5, 5.41) is 58.9. The Labute approximate surface area is 390 Å². The van der Waals surface area contributed by atoms with E-state index < -0.39 is 61.5 Å². The summed E-state index contributed by atoms with van der Waals surface area (Å²) in [5.41, 5.74) is 0. The SMILES string of the molecule is C#CC#CC#CC#CC#CC#CC#CC#CC#CC#CC#CC#CCC(=O)N[C@@H](CO[C@H]1OC(CSCC(=O)NC)[C@H](O)C(O)[C@@H]1O)[C@H](O)[C@H](O)CCCCCCCCCCCCCC. The smallest absolute Gasteiger partial charge is 0.232 e. The van der Waals surface area contributed by atoms with Crippen molar-refractivity contribution in [1.29, 1.82) is 0 Å². The molecular weight excluding hydrogens is 841 g/mol. The molecule has 0 radical (unpaired) electrons. The van der Waals surface area contributed by atoms with E-state index in [0.717, 1.165) is 31.0 Å². The van der Waals surface area contributed by atoms with Crippen molar-refractivity contribution in [2.24, 2.45) is 0 Å². The van der Waals surface area contributed by atoms with Crippen molar-refractivity contribution >= 4 is 23.6 Å². The molecule has 0 aromatic heterocycles. The number of hydrogen-bond donors (Lipinski definition) is 7. The van der Waals surface area contributed by atoms with Gasteiger partial charge >= 0.3 is 0 Å². The molecule has 338 valence electrons. The molecule has 1 aliphatic rings. The van der Waals surface area contributed by atoms with Crippen LogP contribution in [0.5, 0.6) is 0 Å². The number of hydrogen-bond acceptors (Lipinski definition) is 10. The molecule has 7 N–H and O–H groups in total. The van der Waals surface area contributed by atoms with Crippen molar-refractivity contribution in [3.63, 3.8) is 0 Å². The summed E-state index contributed by atoms with van der Waals surface area (Å²) in [7, 11) is 1.49. The number of aliphatic hydroxyl groups excluding tert-OH is 5. The number of carbonyl (C=O) groups is 2. The molecule has 0 aromatic carbocycles. The van der Waals surface area contributed by atoms with Gasteiger partial charge in [0.2, 0.25) is 11.8 Å². The van der Waals surface area contributed by atoms with Crippen LogP contribution in [0.4, 0.5) is 0 Å². The maximum absolute atomic E-state index is 12.9. The minimum Gasteiger partial charge on any atom is -0.390 e. The molecule has 0 aromatic rings. The van der Waals surface area contributed by atoms with E-state index in [1.807, 2.05) is 0 Å². The minimum absolute atomic E-state index is 0.0759. The van der Waals surface area contributed by atoms with Crippen molar-refractivity contribution in [1.82, 2.24) is 10.6 Å². The van der Waals surface area contributed by atoms with Crippen LogP contribution < -0.4 is 10.6 Å². The van der Waals surface area contributed by atoms with Gasteiger partial charge in [0.05, 0.1) is 37.0 Å². The summed E-state index contributed by atoms with van der Waals surface area (Å²) in [6.07, 6.45) is 8.69. The zero-order valence-electron chi connectivity index (χ0n) is 37.0. The third-order valence-corrected chi connectivity index (χ3v) is 10.1. The molecule has 0 spiro atoms. The summed E-state index contributed by atoms with van der Waals surface area (Å²) in [6, 6.07) is -1.17. The van der Waals surface area contributed by atoms with Crippen LogP contribution in [-0.2, 0) is 19.1 Å². The minimum atomic E-state index is -1.67. The molecule has 1 heterocycles. The first-order valence-corrected chi connectivity index (χ1v) is 22.5. The van der Waals surface area contributed by atoms with E-state index in [4.69, 9.17) is 15.9 Å². The largest absolute Gasteiger partial charge is 0.390 e. The van der Waals surface area contributed by atoms with E-state index in [1.165, 1.54) is 58.4 Å². The van der Waals surface area contributed by atoms with Crippen LogP contribution in [0.3, 0.4) is 0 Å². The van der Waals surface area contributed by atoms with E-state index in [9.17, 15) is 35.1 Å². The van der Waals surface area contributed by atoms with Gasteiger partial charge in [0, 0.05) is 48.3 Å². The van der Waals surface area contributed by atoms with Gasteiger partial charge in [-0.2, -0.15) is 0 Å². The van der Waals surface area contributed by atoms with Crippen LogP contribution in [-0.4, -0.2) is 111 Å². The second kappa shape index (κ2) is 39.3. The number of aliphatic hydroxyl groups is 5. The highest BCUT2D eigenvalue weighted by Gasteiger charge is 2.44. The van der Waals surface area contributed by atoms with Crippen LogP contribution in [0, 0.1) is 143 Å². The number of thioether (sulfide) groups is 1. The van der Waals surface area contributed by atoms with Crippen LogP contribution in [0.25, 0.3) is 0 Å². The van der Waals surface area contributed by atoms with Crippen LogP contribution >= 0.6 is 11.8 Å². The van der Waals surface area contributed by atoms with Gasteiger partial charge in [-0.05, 0) is 101 Å². The highest BCUT2D eigenvalue weighted by Crippen LogP contribution is 2.25. The second-order valence-electron chi connectivity index (χ2n) is 14.1. The van der Waals surface area contributed by atoms with Crippen molar-refractivity contribution in [2.45, 2.75) is 146 Å². The lowest BCUT2D eigenvalue weighted by molar-refractivity contribution is -0.294. The maximum atomic E-state index is 12.9. The Morgan fingerprint density at radius 1 is 0.631 bits per heavy atom. The lowest BCUT2D eigenvalue weighted by Gasteiger charge is -2.41. The molecule has 12 heteroatoms. The molecule has 0 saturated carbocycles. The molecule has 8 atom stereocenters. The Balaban J connectivity index is 2.81. The van der Waals surface area contributed by atoms with Crippen molar-refractivity contribution < 1.29 is 44.6 Å². The molecule has 2 unspecified atom stereocenters. The standard InChI is InChI=1S/C53H56N2O9S/c1-4-6-8-10-12-14-16-18-19-20-21-22-23-24-25-26-27-28-30-32-34-36-38-40-47(57)55-44(49(59)45(56)39-37-35-33-31-29-17-15-13-11-9-7-5-2)41-63-53-52(62)51(61)50(60)46(64-53)42-65-43-48(58)54-3/h1,44-46,49-53,56,59-62H,5,7,9,11,13,15,17,29,31,33,35,37,39-43H2,2-3H3,(H,54,58)(H,55,57)/t44-,45+,46?,49-,50-,51?,52-,53-/m0/s1. The van der Waals surface area contributed by atoms with E-state index in [-0.39, 0.29) is 30.3 Å². The van der Waals surface area contributed by atoms with Crippen LogP contribution in [0.1, 0.15) is 96.8 Å². The van der Waals surface area contributed by atoms with E-state index in [2.05, 4.69) is 154 Å². The average Bonchev–Trinajstić information content (AvgIpc) is 3.30. The summed E-state index contributed by atoms with van der Waals surface area (Å²) in [5.74, 6) is 55.9. The molecule has 2 amide bonds. The third kappa shape index (κ3) is 29.7. The maximum Gasteiger partial charge on any atom is 0.232 e. The van der Waals surface area contributed by atoms with Crippen molar-refractivity contribution in [3.05, 3.63) is 0 Å². The summed E-state index contributed by atoms with van der Waals surface area (Å²) < 4.78 is 11.5. The molecule has 1 aliphatic heterocycles. The van der Waals surface area contributed by atoms with Gasteiger partial charge in [0.15, 0.2) is 6.29 Å². The van der Waals surface area contributed by atoms with Gasteiger partial charge in [-0.3, -0.25) is 9.59 Å². The van der Waals surface area contributed by atoms with Gasteiger partial charge < -0.3 is 45.6 Å². The van der Waals surface area contributed by atoms with Gasteiger partial charge in [-0.15, -0.1) is 18.2 Å². The monoisotopic (exact) mass is 896 g/mol. The Kier molecular flexibility index (Phi) is 34.3. The third-order valence-electron chi connectivity index (χ3n) is 9.07. The lowest BCUT2D eigenvalue weighted by Crippen LogP contribution is -2.60. The lowest BCUT2D eigenvalue weighted by atomic mass is 9.98. The highest BCUT2D eigenvalue weighted by atomic mass is 32.2. The van der Waals surface area contributed by atoms with Gasteiger partial charge in [-0.25, -0.2) is 0 Å². The topological polar surface area (TPSA) is 178 Å². The predicted octanol–water partition coefficient (Wildman–Crippen LogP) is 1.65. The number of rotatable bonds is 24. The van der Waals surface area contributed by atoms with E-state index >= 15 is 0 Å². The first-order chi connectivity index (χ1) is 31.7. The first kappa shape index (κ1) is 56.7. The fraction of sp³-hybridized carbons (Fsp3) is 0.509. The van der Waals surface area contributed by atoms with Crippen molar-refractivity contribution in [3.8, 4) is 143 Å². The fourth-order valence-corrected chi connectivity index (χ4v) is 6.60. The average molecular weight is 897 g/mol. The van der Waals surface area contributed by atoms with Crippen LogP contribution in [0.15, 0.2) is 0 Å². The normalized spacial score (nSPS) is 17.3. The highest BCUT2D eigenvalue weighted by molar-refractivity contribution is 8.00. The molecule has 0 bridgehead atoms. The number of amides is 2. The number of terminal acetylenes is 1. The van der Waals surface area contributed by atoms with E-state index in [0.29, 0.717) is 6.42 Å². The Hall–Kier alpha value is -6.27. The Morgan fingerprint density at radius 3 is 1.54 bits per heavy atom. The molecule has 1 rings (SSSR count). The molecule has 11 nitrogen and oxygen atoms in total. The zero-order chi connectivity index (χ0) is 47.6. The fourth-order valence-electron chi connectivity index (χ4n) is 5.65. The van der Waals surface area contributed by atoms with Gasteiger partial charge in [0.1, 0.15) is 24.4 Å². The predicted molar refractivity (Wildman–Crippen MR) is 253 cm³/mol. The first-order valence-electron chi connectivity index (χ1n) is 21.3. The Morgan fingerprint density at radius 2 is 1.08 bits per heavy atom. The zero-order valence-corrected chi connectivity index (χ0v) is 37.8. The van der Waals surface area contributed by atoms with E-state index in [1.54, 1.807) is 0 Å². The quantitative estimate of drug-likeness (QED) is 0.0558. The molecule has 1 fully saturated rings. The second-order valence-corrected chi connectivity index (χ2v) is 15.1. The van der Waals surface area contributed by atoms with Crippen LogP contribution in [0.2, 0.25) is 0 Å². The number of carbonyl (C=O) groups excluding carboxylic acids is 2. The molecular formula is C53H56N2O9S.